The number of amides is 2. The molecule has 0 fully saturated rings. The average molecular weight is 368 g/mol. The molecule has 6 nitrogen and oxygen atoms in total. The number of furan rings is 1. The van der Waals surface area contributed by atoms with E-state index in [1.54, 1.807) is 6.08 Å². The zero-order valence-electron chi connectivity index (χ0n) is 16.2. The lowest BCUT2D eigenvalue weighted by atomic mass is 9.87. The Morgan fingerprint density at radius 3 is 2.15 bits per heavy atom. The van der Waals surface area contributed by atoms with Gasteiger partial charge in [-0.3, -0.25) is 19.7 Å². The molecule has 27 heavy (non-hydrogen) atoms. The highest BCUT2D eigenvalue weighted by atomic mass is 16.4. The number of hydrogen-bond acceptors (Lipinski definition) is 4. The molecule has 2 aromatic rings. The van der Waals surface area contributed by atoms with Crippen LogP contribution in [0.15, 0.2) is 34.8 Å². The molecule has 0 saturated heterocycles. The van der Waals surface area contributed by atoms with Gasteiger partial charge in [0.2, 0.25) is 5.88 Å². The maximum atomic E-state index is 12.2. The van der Waals surface area contributed by atoms with Gasteiger partial charge in [0.05, 0.1) is 5.56 Å². The molecule has 6 heteroatoms. The molecular formula is C21H24N2O4. The van der Waals surface area contributed by atoms with Crippen LogP contribution in [0, 0.1) is 6.92 Å². The molecule has 2 amide bonds. The van der Waals surface area contributed by atoms with E-state index in [9.17, 15) is 14.4 Å². The van der Waals surface area contributed by atoms with E-state index in [0.717, 1.165) is 5.56 Å². The Bertz CT molecular complexity index is 913. The average Bonchev–Trinajstić information content (AvgIpc) is 2.88. The minimum absolute atomic E-state index is 0.0519. The summed E-state index contributed by atoms with van der Waals surface area (Å²) in [6.45, 7) is 9.22. The smallest absolute Gasteiger partial charge is 0.255 e. The van der Waals surface area contributed by atoms with Crippen LogP contribution >= 0.6 is 0 Å². The van der Waals surface area contributed by atoms with Crippen LogP contribution in [0.5, 0.6) is 0 Å². The summed E-state index contributed by atoms with van der Waals surface area (Å²) in [7, 11) is 0. The Kier molecular flexibility index (Phi) is 5.69. The molecule has 142 valence electrons. The van der Waals surface area contributed by atoms with E-state index in [1.807, 2.05) is 24.3 Å². The van der Waals surface area contributed by atoms with Gasteiger partial charge in [-0.15, -0.1) is 0 Å². The third-order valence-corrected chi connectivity index (χ3v) is 4.12. The predicted molar refractivity (Wildman–Crippen MR) is 105 cm³/mol. The summed E-state index contributed by atoms with van der Waals surface area (Å²) >= 11 is 0. The largest absolute Gasteiger partial charge is 0.444 e. The van der Waals surface area contributed by atoms with Gasteiger partial charge in [0.25, 0.3) is 11.8 Å². The number of aryl methyl sites for hydroxylation is 1. The number of Topliss-reactive ketones (excluding diaryl/α,β-unsaturated/α-hetero) is 1. The first-order chi connectivity index (χ1) is 12.5. The predicted octanol–water partition coefficient (Wildman–Crippen LogP) is 3.84. The summed E-state index contributed by atoms with van der Waals surface area (Å²) in [6, 6.07) is 7.86. The molecule has 2 rings (SSSR count). The number of benzene rings is 1. The number of anilines is 1. The number of nitrogens with two attached hydrogens (primary N) is 1. The normalized spacial score (nSPS) is 11.6. The third-order valence-electron chi connectivity index (χ3n) is 4.12. The van der Waals surface area contributed by atoms with Crippen LogP contribution in [0.1, 0.15) is 65.3 Å². The summed E-state index contributed by atoms with van der Waals surface area (Å²) in [5.41, 5.74) is 7.40. The number of rotatable bonds is 5. The van der Waals surface area contributed by atoms with E-state index < -0.39 is 11.8 Å². The van der Waals surface area contributed by atoms with Gasteiger partial charge in [0.1, 0.15) is 11.3 Å². The van der Waals surface area contributed by atoms with E-state index in [4.69, 9.17) is 10.2 Å². The van der Waals surface area contributed by atoms with Crippen LogP contribution in [-0.2, 0) is 10.2 Å². The number of ketones is 1. The summed E-state index contributed by atoms with van der Waals surface area (Å²) in [4.78, 5) is 35.6. The minimum atomic E-state index is -0.839. The standard InChI is InChI=1S/C21H24N2O4/c1-12(24)17-13(2)27-20(18(17)19(22)26)23-16(25)11-8-14-6-9-15(10-7-14)21(3,4)5/h6-11H,1-5H3,(H2,22,26)(H,23,25)/b11-8+. The Labute approximate surface area is 158 Å². The second kappa shape index (κ2) is 7.61. The Morgan fingerprint density at radius 1 is 1.07 bits per heavy atom. The Morgan fingerprint density at radius 2 is 1.67 bits per heavy atom. The molecule has 3 N–H and O–H groups in total. The van der Waals surface area contributed by atoms with Gasteiger partial charge in [-0.1, -0.05) is 45.0 Å². The Balaban J connectivity index is 2.19. The van der Waals surface area contributed by atoms with Crippen LogP contribution < -0.4 is 11.1 Å². The second-order valence-corrected chi connectivity index (χ2v) is 7.35. The van der Waals surface area contributed by atoms with Crippen LogP contribution in [0.3, 0.4) is 0 Å². The maximum Gasteiger partial charge on any atom is 0.255 e. The summed E-state index contributed by atoms with van der Waals surface area (Å²) in [5.74, 6) is -1.59. The summed E-state index contributed by atoms with van der Waals surface area (Å²) in [6.07, 6.45) is 2.97. The zero-order valence-corrected chi connectivity index (χ0v) is 16.2. The fourth-order valence-corrected chi connectivity index (χ4v) is 2.71. The molecule has 1 heterocycles. The van der Waals surface area contributed by atoms with Crippen LogP contribution in [0.2, 0.25) is 0 Å². The number of hydrogen-bond donors (Lipinski definition) is 2. The highest BCUT2D eigenvalue weighted by molar-refractivity contribution is 6.13. The van der Waals surface area contributed by atoms with Gasteiger partial charge in [-0.2, -0.15) is 0 Å². The summed E-state index contributed by atoms with van der Waals surface area (Å²) < 4.78 is 5.36. The van der Waals surface area contributed by atoms with Gasteiger partial charge in [-0.25, -0.2) is 0 Å². The van der Waals surface area contributed by atoms with Crippen molar-refractivity contribution in [3.05, 3.63) is 58.4 Å². The molecule has 1 aromatic carbocycles. The van der Waals surface area contributed by atoms with Crippen LogP contribution in [-0.4, -0.2) is 17.6 Å². The number of primary amides is 1. The van der Waals surface area contributed by atoms with Crippen molar-refractivity contribution in [2.45, 2.75) is 40.0 Å². The van der Waals surface area contributed by atoms with Crippen molar-refractivity contribution < 1.29 is 18.8 Å². The van der Waals surface area contributed by atoms with Gasteiger partial charge in [0, 0.05) is 6.08 Å². The van der Waals surface area contributed by atoms with Gasteiger partial charge >= 0.3 is 0 Å². The first-order valence-corrected chi connectivity index (χ1v) is 8.54. The lowest BCUT2D eigenvalue weighted by Crippen LogP contribution is -2.18. The van der Waals surface area contributed by atoms with E-state index in [1.165, 1.54) is 25.5 Å². The highest BCUT2D eigenvalue weighted by Crippen LogP contribution is 2.27. The molecule has 0 atom stereocenters. The van der Waals surface area contributed by atoms with Crippen molar-refractivity contribution in [1.29, 1.82) is 0 Å². The van der Waals surface area contributed by atoms with Gasteiger partial charge in [0.15, 0.2) is 5.78 Å². The molecule has 0 saturated carbocycles. The number of nitrogens with one attached hydrogen (secondary N) is 1. The Hall–Kier alpha value is -3.15. The fourth-order valence-electron chi connectivity index (χ4n) is 2.71. The van der Waals surface area contributed by atoms with E-state index in [-0.39, 0.29) is 34.0 Å². The van der Waals surface area contributed by atoms with E-state index in [2.05, 4.69) is 26.1 Å². The maximum absolute atomic E-state index is 12.2. The van der Waals surface area contributed by atoms with E-state index >= 15 is 0 Å². The fraction of sp³-hybridized carbons (Fsp3) is 0.286. The van der Waals surface area contributed by atoms with Crippen molar-refractivity contribution >= 4 is 29.6 Å². The highest BCUT2D eigenvalue weighted by Gasteiger charge is 2.25. The monoisotopic (exact) mass is 368 g/mol. The number of carbonyl (C=O) groups excluding carboxylic acids is 3. The zero-order chi connectivity index (χ0) is 20.4. The molecule has 0 radical (unpaired) electrons. The van der Waals surface area contributed by atoms with Crippen molar-refractivity contribution in [2.75, 3.05) is 5.32 Å². The lowest BCUT2D eigenvalue weighted by Gasteiger charge is -2.18. The topological polar surface area (TPSA) is 102 Å². The molecule has 0 spiro atoms. The molecule has 1 aromatic heterocycles. The molecule has 0 bridgehead atoms. The number of carbonyl (C=O) groups is 3. The first kappa shape index (κ1) is 20.2. The summed E-state index contributed by atoms with van der Waals surface area (Å²) in [5, 5.41) is 2.47. The van der Waals surface area contributed by atoms with Crippen molar-refractivity contribution in [2.24, 2.45) is 5.73 Å². The van der Waals surface area contributed by atoms with Crippen LogP contribution in [0.25, 0.3) is 6.08 Å². The minimum Gasteiger partial charge on any atom is -0.444 e. The van der Waals surface area contributed by atoms with Gasteiger partial charge < -0.3 is 10.2 Å². The third kappa shape index (κ3) is 4.73. The SMILES string of the molecule is CC(=O)c1c(C)oc(NC(=O)/C=C/c2ccc(C(C)(C)C)cc2)c1C(N)=O. The molecule has 0 aliphatic rings. The van der Waals surface area contributed by atoms with Gasteiger partial charge in [-0.05, 0) is 36.5 Å². The quantitative estimate of drug-likeness (QED) is 0.618. The molecular weight excluding hydrogens is 344 g/mol. The first-order valence-electron chi connectivity index (χ1n) is 8.54. The van der Waals surface area contributed by atoms with Crippen molar-refractivity contribution in [3.63, 3.8) is 0 Å². The van der Waals surface area contributed by atoms with E-state index in [0.29, 0.717) is 0 Å². The molecule has 0 unspecified atom stereocenters. The van der Waals surface area contributed by atoms with Crippen molar-refractivity contribution in [3.8, 4) is 0 Å². The van der Waals surface area contributed by atoms with Crippen molar-refractivity contribution in [1.82, 2.24) is 0 Å². The molecule has 0 aliphatic carbocycles. The van der Waals surface area contributed by atoms with Crippen LogP contribution in [0.4, 0.5) is 5.88 Å². The molecule has 0 aliphatic heterocycles. The second-order valence-electron chi connectivity index (χ2n) is 7.35. The lowest BCUT2D eigenvalue weighted by molar-refractivity contribution is -0.111.